The first-order valence-corrected chi connectivity index (χ1v) is 9.48. The van der Waals surface area contributed by atoms with Gasteiger partial charge >= 0.3 is 6.09 Å². The van der Waals surface area contributed by atoms with Gasteiger partial charge in [-0.3, -0.25) is 15.0 Å². The lowest BCUT2D eigenvalue weighted by molar-refractivity contribution is -0.117. The number of nitrogens with one attached hydrogen (secondary N) is 2. The Kier molecular flexibility index (Phi) is 6.25. The summed E-state index contributed by atoms with van der Waals surface area (Å²) in [5, 5.41) is 6.02. The summed E-state index contributed by atoms with van der Waals surface area (Å²) in [4.78, 5) is 31.3. The number of benzene rings is 1. The number of amides is 2. The molecule has 1 aromatic heterocycles. The second-order valence-corrected chi connectivity index (χ2v) is 7.03. The van der Waals surface area contributed by atoms with E-state index in [1.807, 2.05) is 31.2 Å². The number of thiazole rings is 1. The molecule has 0 spiro atoms. The van der Waals surface area contributed by atoms with Crippen LogP contribution in [-0.2, 0) is 22.5 Å². The number of carbonyl (C=O) groups excluding carboxylic acids is 2. The van der Waals surface area contributed by atoms with Gasteiger partial charge in [-0.2, -0.15) is 0 Å². The number of aromatic nitrogens is 1. The number of hydrogen-bond acceptors (Lipinski definition) is 7. The molecule has 2 amide bonds. The minimum atomic E-state index is -0.537. The number of anilines is 2. The Morgan fingerprint density at radius 3 is 2.89 bits per heavy atom. The Hall–Kier alpha value is -2.65. The number of para-hydroxylation sites is 2. The summed E-state index contributed by atoms with van der Waals surface area (Å²) >= 11 is 1.41. The molecule has 144 valence electrons. The largest absolute Gasteiger partial charge is 0.492 e. The van der Waals surface area contributed by atoms with Crippen molar-refractivity contribution in [3.8, 4) is 5.75 Å². The summed E-state index contributed by atoms with van der Waals surface area (Å²) < 4.78 is 10.1. The molecule has 1 aliphatic rings. The van der Waals surface area contributed by atoms with Crippen LogP contribution in [0.5, 0.6) is 5.75 Å². The van der Waals surface area contributed by atoms with Crippen molar-refractivity contribution in [3.63, 3.8) is 0 Å². The lowest BCUT2D eigenvalue weighted by Gasteiger charge is -2.25. The standard InChI is InChI=1S/C18H22N4O4S/c1-3-26-14-7-5-4-6-12(14)19-16(23)11-22-9-8-13-15(10-22)27-17(20-13)21-18(24)25-2/h4-7H,3,8-11H2,1-2H3,(H,19,23)(H,20,21,24). The number of ether oxygens (including phenoxy) is 2. The first-order chi connectivity index (χ1) is 13.1. The zero-order valence-electron chi connectivity index (χ0n) is 15.3. The van der Waals surface area contributed by atoms with E-state index in [1.54, 1.807) is 0 Å². The smallest absolute Gasteiger partial charge is 0.413 e. The Bertz CT molecular complexity index is 823. The summed E-state index contributed by atoms with van der Waals surface area (Å²) in [7, 11) is 1.31. The van der Waals surface area contributed by atoms with Gasteiger partial charge in [-0.15, -0.1) is 0 Å². The third kappa shape index (κ3) is 4.95. The molecule has 0 fully saturated rings. The van der Waals surface area contributed by atoms with Crippen LogP contribution in [0.3, 0.4) is 0 Å². The molecule has 2 heterocycles. The quantitative estimate of drug-likeness (QED) is 0.788. The van der Waals surface area contributed by atoms with E-state index in [2.05, 4.69) is 25.3 Å². The van der Waals surface area contributed by atoms with Crippen molar-refractivity contribution in [2.24, 2.45) is 0 Å². The van der Waals surface area contributed by atoms with E-state index >= 15 is 0 Å². The van der Waals surface area contributed by atoms with E-state index in [-0.39, 0.29) is 12.5 Å². The predicted molar refractivity (Wildman–Crippen MR) is 103 cm³/mol. The fraction of sp³-hybridized carbons (Fsp3) is 0.389. The Morgan fingerprint density at radius 1 is 1.30 bits per heavy atom. The van der Waals surface area contributed by atoms with E-state index in [0.717, 1.165) is 23.5 Å². The maximum atomic E-state index is 12.4. The van der Waals surface area contributed by atoms with Crippen molar-refractivity contribution in [1.29, 1.82) is 0 Å². The zero-order chi connectivity index (χ0) is 19.2. The number of nitrogens with zero attached hydrogens (tertiary/aromatic N) is 2. The molecule has 0 saturated carbocycles. The molecule has 2 N–H and O–H groups in total. The third-order valence-corrected chi connectivity index (χ3v) is 5.03. The van der Waals surface area contributed by atoms with Gasteiger partial charge in [0.15, 0.2) is 5.13 Å². The maximum absolute atomic E-state index is 12.4. The molecule has 0 saturated heterocycles. The predicted octanol–water partition coefficient (Wildman–Crippen LogP) is 2.72. The van der Waals surface area contributed by atoms with E-state index in [9.17, 15) is 9.59 Å². The molecule has 0 unspecified atom stereocenters. The van der Waals surface area contributed by atoms with E-state index in [4.69, 9.17) is 4.74 Å². The van der Waals surface area contributed by atoms with Crippen LogP contribution in [0.25, 0.3) is 0 Å². The molecule has 0 atom stereocenters. The topological polar surface area (TPSA) is 92.8 Å². The minimum absolute atomic E-state index is 0.0944. The van der Waals surface area contributed by atoms with Gasteiger partial charge in [0.05, 0.1) is 31.6 Å². The average molecular weight is 390 g/mol. The first kappa shape index (κ1) is 19.1. The van der Waals surface area contributed by atoms with Crippen LogP contribution < -0.4 is 15.4 Å². The van der Waals surface area contributed by atoms with Gasteiger partial charge in [-0.1, -0.05) is 23.5 Å². The maximum Gasteiger partial charge on any atom is 0.413 e. The van der Waals surface area contributed by atoms with Crippen LogP contribution >= 0.6 is 11.3 Å². The molecular weight excluding hydrogens is 368 g/mol. The van der Waals surface area contributed by atoms with Crippen LogP contribution in [0.2, 0.25) is 0 Å². The Labute approximate surface area is 161 Å². The van der Waals surface area contributed by atoms with E-state index in [1.165, 1.54) is 18.4 Å². The minimum Gasteiger partial charge on any atom is -0.492 e. The third-order valence-electron chi connectivity index (χ3n) is 4.03. The highest BCUT2D eigenvalue weighted by molar-refractivity contribution is 7.15. The number of rotatable bonds is 6. The van der Waals surface area contributed by atoms with Crippen molar-refractivity contribution in [3.05, 3.63) is 34.8 Å². The van der Waals surface area contributed by atoms with Crippen LogP contribution in [-0.4, -0.2) is 48.7 Å². The van der Waals surface area contributed by atoms with Gasteiger partial charge in [0.1, 0.15) is 5.75 Å². The van der Waals surface area contributed by atoms with Gasteiger partial charge in [0.2, 0.25) is 5.91 Å². The Balaban J connectivity index is 1.58. The first-order valence-electron chi connectivity index (χ1n) is 8.66. The van der Waals surface area contributed by atoms with Crippen LogP contribution in [0.4, 0.5) is 15.6 Å². The van der Waals surface area contributed by atoms with E-state index < -0.39 is 6.09 Å². The van der Waals surface area contributed by atoms with Gasteiger partial charge in [0, 0.05) is 24.4 Å². The SMILES string of the molecule is CCOc1ccccc1NC(=O)CN1CCc2nc(NC(=O)OC)sc2C1. The van der Waals surface area contributed by atoms with Crippen molar-refractivity contribution in [2.45, 2.75) is 19.9 Å². The second-order valence-electron chi connectivity index (χ2n) is 5.94. The molecule has 9 heteroatoms. The highest BCUT2D eigenvalue weighted by atomic mass is 32.1. The van der Waals surface area contributed by atoms with Gasteiger partial charge in [-0.25, -0.2) is 9.78 Å². The number of fused-ring (bicyclic) bond motifs is 1. The highest BCUT2D eigenvalue weighted by Crippen LogP contribution is 2.28. The summed E-state index contributed by atoms with van der Waals surface area (Å²) in [6.07, 6.45) is 0.197. The lowest BCUT2D eigenvalue weighted by Crippen LogP contribution is -2.36. The molecule has 0 bridgehead atoms. The average Bonchev–Trinajstić information content (AvgIpc) is 3.04. The normalized spacial score (nSPS) is 13.6. The van der Waals surface area contributed by atoms with Crippen molar-refractivity contribution >= 4 is 34.2 Å². The van der Waals surface area contributed by atoms with Gasteiger partial charge in [-0.05, 0) is 19.1 Å². The van der Waals surface area contributed by atoms with E-state index in [0.29, 0.717) is 29.7 Å². The fourth-order valence-corrected chi connectivity index (χ4v) is 3.86. The Morgan fingerprint density at radius 2 is 2.11 bits per heavy atom. The molecule has 3 rings (SSSR count). The fourth-order valence-electron chi connectivity index (χ4n) is 2.82. The highest BCUT2D eigenvalue weighted by Gasteiger charge is 2.23. The van der Waals surface area contributed by atoms with Crippen molar-refractivity contribution in [2.75, 3.05) is 37.4 Å². The molecular formula is C18H22N4O4S. The molecule has 2 aromatic rings. The second kappa shape index (κ2) is 8.83. The zero-order valence-corrected chi connectivity index (χ0v) is 16.1. The number of carbonyl (C=O) groups is 2. The molecule has 1 aliphatic heterocycles. The summed E-state index contributed by atoms with van der Waals surface area (Å²) in [6.45, 7) is 4.07. The molecule has 0 radical (unpaired) electrons. The van der Waals surface area contributed by atoms with Crippen LogP contribution in [0, 0.1) is 0 Å². The van der Waals surface area contributed by atoms with Crippen molar-refractivity contribution in [1.82, 2.24) is 9.88 Å². The number of hydrogen-bond donors (Lipinski definition) is 2. The van der Waals surface area contributed by atoms with Gasteiger partial charge < -0.3 is 14.8 Å². The van der Waals surface area contributed by atoms with Crippen LogP contribution in [0.15, 0.2) is 24.3 Å². The molecule has 27 heavy (non-hydrogen) atoms. The number of methoxy groups -OCH3 is 1. The molecule has 1 aromatic carbocycles. The summed E-state index contributed by atoms with van der Waals surface area (Å²) in [6, 6.07) is 7.39. The van der Waals surface area contributed by atoms with Crippen LogP contribution in [0.1, 0.15) is 17.5 Å². The molecule has 0 aliphatic carbocycles. The summed E-state index contributed by atoms with van der Waals surface area (Å²) in [5.74, 6) is 0.568. The molecule has 8 nitrogen and oxygen atoms in total. The van der Waals surface area contributed by atoms with Crippen molar-refractivity contribution < 1.29 is 19.1 Å². The van der Waals surface area contributed by atoms with Gasteiger partial charge in [0.25, 0.3) is 0 Å². The monoisotopic (exact) mass is 390 g/mol. The lowest BCUT2D eigenvalue weighted by atomic mass is 10.2. The summed E-state index contributed by atoms with van der Waals surface area (Å²) in [5.41, 5.74) is 1.63.